The van der Waals surface area contributed by atoms with E-state index < -0.39 is 29.6 Å². The molecule has 0 bridgehead atoms. The lowest BCUT2D eigenvalue weighted by Gasteiger charge is -2.14. The van der Waals surface area contributed by atoms with Crippen molar-refractivity contribution >= 4 is 63.5 Å². The number of amides is 2. The normalized spacial score (nSPS) is 14.9. The molecule has 1 heterocycles. The van der Waals surface area contributed by atoms with Gasteiger partial charge in [0.15, 0.2) is 18.1 Å². The van der Waals surface area contributed by atoms with Gasteiger partial charge in [-0.15, -0.1) is 0 Å². The minimum absolute atomic E-state index is 0.167. The SMILES string of the molecule is CCOC(=O)COc1c(I)cc(/C=C2/SC(=O)N(CC(=O)OC(C)C)C2=O)cc1OC. The molecule has 0 saturated carbocycles. The summed E-state index contributed by atoms with van der Waals surface area (Å²) in [7, 11) is 1.45. The predicted octanol–water partition coefficient (Wildman–Crippen LogP) is 3.23. The lowest BCUT2D eigenvalue weighted by molar-refractivity contribution is -0.149. The van der Waals surface area contributed by atoms with Crippen LogP contribution in [0.5, 0.6) is 11.5 Å². The standard InChI is InChI=1S/C20H22INO8S/c1-5-28-17(24)10-29-18-13(21)6-12(7-14(18)27-4)8-15-19(25)22(20(26)31-15)9-16(23)30-11(2)3/h6-8,11H,5,9-10H2,1-4H3/b15-8+. The van der Waals surface area contributed by atoms with Gasteiger partial charge in [0.25, 0.3) is 11.1 Å². The predicted molar refractivity (Wildman–Crippen MR) is 122 cm³/mol. The summed E-state index contributed by atoms with van der Waals surface area (Å²) in [6, 6.07) is 3.33. The highest BCUT2D eigenvalue weighted by atomic mass is 127. The van der Waals surface area contributed by atoms with Crippen LogP contribution in [-0.4, -0.2) is 61.0 Å². The molecule has 0 unspecified atom stereocenters. The molecule has 0 radical (unpaired) electrons. The second-order valence-corrected chi connectivity index (χ2v) is 8.59. The Labute approximate surface area is 197 Å². The van der Waals surface area contributed by atoms with Gasteiger partial charge in [-0.1, -0.05) is 0 Å². The Bertz CT molecular complexity index is 915. The van der Waals surface area contributed by atoms with E-state index in [2.05, 4.69) is 0 Å². The smallest absolute Gasteiger partial charge is 0.344 e. The highest BCUT2D eigenvalue weighted by Gasteiger charge is 2.36. The number of nitrogens with zero attached hydrogens (tertiary/aromatic N) is 1. The van der Waals surface area contributed by atoms with Crippen molar-refractivity contribution in [3.05, 3.63) is 26.2 Å². The molecule has 9 nitrogen and oxygen atoms in total. The van der Waals surface area contributed by atoms with Crippen LogP contribution in [0.25, 0.3) is 6.08 Å². The van der Waals surface area contributed by atoms with Gasteiger partial charge in [0.1, 0.15) is 6.54 Å². The Kier molecular flexibility index (Phi) is 9.16. The Morgan fingerprint density at radius 1 is 1.23 bits per heavy atom. The molecule has 0 N–H and O–H groups in total. The average Bonchev–Trinajstić information content (AvgIpc) is 2.93. The van der Waals surface area contributed by atoms with Crippen molar-refractivity contribution in [3.8, 4) is 11.5 Å². The molecule has 0 spiro atoms. The zero-order chi connectivity index (χ0) is 23.1. The van der Waals surface area contributed by atoms with Crippen LogP contribution < -0.4 is 9.47 Å². The molecule has 2 rings (SSSR count). The Balaban J connectivity index is 2.20. The number of carbonyl (C=O) groups excluding carboxylic acids is 4. The average molecular weight is 563 g/mol. The number of esters is 2. The van der Waals surface area contributed by atoms with Crippen LogP contribution in [0.2, 0.25) is 0 Å². The van der Waals surface area contributed by atoms with Crippen molar-refractivity contribution in [2.24, 2.45) is 0 Å². The highest BCUT2D eigenvalue weighted by molar-refractivity contribution is 14.1. The summed E-state index contributed by atoms with van der Waals surface area (Å²) in [6.45, 7) is 4.60. The Hall–Kier alpha value is -2.28. The Morgan fingerprint density at radius 3 is 2.55 bits per heavy atom. The number of hydrogen-bond acceptors (Lipinski definition) is 9. The molecule has 1 aliphatic heterocycles. The first-order valence-corrected chi connectivity index (χ1v) is 11.2. The maximum Gasteiger partial charge on any atom is 0.344 e. The molecule has 1 aromatic carbocycles. The number of thioether (sulfide) groups is 1. The van der Waals surface area contributed by atoms with Crippen LogP contribution in [-0.2, 0) is 23.9 Å². The Morgan fingerprint density at radius 2 is 1.94 bits per heavy atom. The van der Waals surface area contributed by atoms with Crippen molar-refractivity contribution in [2.45, 2.75) is 26.9 Å². The first kappa shape index (κ1) is 25.0. The first-order valence-electron chi connectivity index (χ1n) is 9.27. The van der Waals surface area contributed by atoms with Crippen LogP contribution in [0.1, 0.15) is 26.3 Å². The lowest BCUT2D eigenvalue weighted by Crippen LogP contribution is -2.35. The topological polar surface area (TPSA) is 108 Å². The summed E-state index contributed by atoms with van der Waals surface area (Å²) in [5, 5.41) is -0.548. The number of halogens is 1. The fourth-order valence-corrected chi connectivity index (χ4v) is 4.13. The molecule has 0 atom stereocenters. The molecule has 1 saturated heterocycles. The van der Waals surface area contributed by atoms with E-state index in [0.717, 1.165) is 16.7 Å². The summed E-state index contributed by atoms with van der Waals surface area (Å²) in [6.07, 6.45) is 1.18. The highest BCUT2D eigenvalue weighted by Crippen LogP contribution is 2.37. The van der Waals surface area contributed by atoms with Gasteiger partial charge in [0.05, 0.1) is 28.3 Å². The minimum atomic E-state index is -0.655. The monoisotopic (exact) mass is 563 g/mol. The summed E-state index contributed by atoms with van der Waals surface area (Å²) in [4.78, 5) is 49.2. The molecule has 0 aliphatic carbocycles. The number of ether oxygens (including phenoxy) is 4. The number of benzene rings is 1. The van der Waals surface area contributed by atoms with E-state index in [1.54, 1.807) is 32.9 Å². The van der Waals surface area contributed by atoms with Crippen LogP contribution in [0.3, 0.4) is 0 Å². The third-order valence-corrected chi connectivity index (χ3v) is 5.43. The van der Waals surface area contributed by atoms with E-state index in [0.29, 0.717) is 20.6 Å². The number of carbonyl (C=O) groups is 4. The number of hydrogen-bond donors (Lipinski definition) is 0. The quantitative estimate of drug-likeness (QED) is 0.254. The molecule has 11 heteroatoms. The van der Waals surface area contributed by atoms with Crippen molar-refractivity contribution in [1.82, 2.24) is 4.90 Å². The third-order valence-electron chi connectivity index (χ3n) is 3.72. The van der Waals surface area contributed by atoms with E-state index in [1.165, 1.54) is 13.2 Å². The van der Waals surface area contributed by atoms with Crippen molar-refractivity contribution < 1.29 is 38.1 Å². The molecule has 0 aromatic heterocycles. The first-order chi connectivity index (χ1) is 14.7. The summed E-state index contributed by atoms with van der Waals surface area (Å²) < 4.78 is 21.3. The maximum atomic E-state index is 12.6. The number of methoxy groups -OCH3 is 1. The van der Waals surface area contributed by atoms with Gasteiger partial charge in [0, 0.05) is 0 Å². The zero-order valence-corrected chi connectivity index (χ0v) is 20.4. The molecule has 1 fully saturated rings. The number of imide groups is 1. The summed E-state index contributed by atoms with van der Waals surface area (Å²) in [5.41, 5.74) is 0.583. The van der Waals surface area contributed by atoms with E-state index in [4.69, 9.17) is 18.9 Å². The fourth-order valence-electron chi connectivity index (χ4n) is 2.51. The van der Waals surface area contributed by atoms with Gasteiger partial charge in [-0.3, -0.25) is 19.3 Å². The summed E-state index contributed by atoms with van der Waals surface area (Å²) >= 11 is 2.75. The van der Waals surface area contributed by atoms with E-state index >= 15 is 0 Å². The van der Waals surface area contributed by atoms with Gasteiger partial charge in [-0.25, -0.2) is 4.79 Å². The number of rotatable bonds is 9. The van der Waals surface area contributed by atoms with Crippen molar-refractivity contribution in [3.63, 3.8) is 0 Å². The molecule has 168 valence electrons. The van der Waals surface area contributed by atoms with Gasteiger partial charge in [-0.2, -0.15) is 0 Å². The zero-order valence-electron chi connectivity index (χ0n) is 17.4. The largest absolute Gasteiger partial charge is 0.493 e. The second-order valence-electron chi connectivity index (χ2n) is 6.43. The molecule has 2 amide bonds. The van der Waals surface area contributed by atoms with E-state index in [9.17, 15) is 19.2 Å². The molecular weight excluding hydrogens is 541 g/mol. The third kappa shape index (κ3) is 6.86. The van der Waals surface area contributed by atoms with Gasteiger partial charge < -0.3 is 18.9 Å². The van der Waals surface area contributed by atoms with Gasteiger partial charge in [0.2, 0.25) is 0 Å². The van der Waals surface area contributed by atoms with Crippen LogP contribution >= 0.6 is 34.4 Å². The minimum Gasteiger partial charge on any atom is -0.493 e. The molecule has 31 heavy (non-hydrogen) atoms. The second kappa shape index (κ2) is 11.4. The molecule has 1 aromatic rings. The van der Waals surface area contributed by atoms with E-state index in [-0.39, 0.29) is 24.2 Å². The molecule has 1 aliphatic rings. The van der Waals surface area contributed by atoms with Crippen LogP contribution in [0.15, 0.2) is 17.0 Å². The van der Waals surface area contributed by atoms with Gasteiger partial charge in [-0.05, 0) is 78.9 Å². The lowest BCUT2D eigenvalue weighted by atomic mass is 10.2. The van der Waals surface area contributed by atoms with Crippen molar-refractivity contribution in [1.29, 1.82) is 0 Å². The fraction of sp³-hybridized carbons (Fsp3) is 0.400. The summed E-state index contributed by atoms with van der Waals surface area (Å²) in [5.74, 6) is -1.03. The van der Waals surface area contributed by atoms with Crippen LogP contribution in [0.4, 0.5) is 4.79 Å². The van der Waals surface area contributed by atoms with Crippen molar-refractivity contribution in [2.75, 3.05) is 26.9 Å². The molecular formula is C20H22INO8S. The van der Waals surface area contributed by atoms with Gasteiger partial charge >= 0.3 is 11.9 Å². The maximum absolute atomic E-state index is 12.6. The van der Waals surface area contributed by atoms with Crippen LogP contribution in [0, 0.1) is 3.57 Å². The van der Waals surface area contributed by atoms with E-state index in [1.807, 2.05) is 22.6 Å².